The van der Waals surface area contributed by atoms with Crippen LogP contribution in [0, 0.1) is 0 Å². The fourth-order valence-corrected chi connectivity index (χ4v) is 0.652. The maximum absolute atomic E-state index is 7.28. The van der Waals surface area contributed by atoms with Crippen LogP contribution in [0.1, 0.15) is 26.2 Å². The largest absolute Gasteiger partial charge is 0.298 e. The van der Waals surface area contributed by atoms with Crippen molar-refractivity contribution in [2.24, 2.45) is 0 Å². The van der Waals surface area contributed by atoms with Crippen molar-refractivity contribution in [1.29, 1.82) is 0 Å². The summed E-state index contributed by atoms with van der Waals surface area (Å²) in [6.07, 6.45) is 3.49. The molecule has 1 atom stereocenters. The standard InChI is InChI=1S/C6H13N2/c1-2-6(7)8-5-3-4-5/h5-8H,2-4H2,1H3. The van der Waals surface area contributed by atoms with Gasteiger partial charge in [0, 0.05) is 6.04 Å². The molecule has 1 fully saturated rings. The van der Waals surface area contributed by atoms with E-state index in [1.54, 1.807) is 0 Å². The van der Waals surface area contributed by atoms with Gasteiger partial charge in [0.15, 0.2) is 0 Å². The van der Waals surface area contributed by atoms with Crippen LogP contribution >= 0.6 is 0 Å². The van der Waals surface area contributed by atoms with Crippen molar-refractivity contribution in [2.45, 2.75) is 38.4 Å². The molecule has 1 radical (unpaired) electrons. The third kappa shape index (κ3) is 1.80. The molecule has 0 saturated heterocycles. The van der Waals surface area contributed by atoms with Gasteiger partial charge in [-0.05, 0) is 19.3 Å². The molecule has 0 aromatic rings. The molecule has 0 aromatic heterocycles. The molecule has 47 valence electrons. The van der Waals surface area contributed by atoms with Crippen LogP contribution < -0.4 is 11.1 Å². The van der Waals surface area contributed by atoms with E-state index in [0.29, 0.717) is 6.04 Å². The van der Waals surface area contributed by atoms with Crippen LogP contribution in [0.2, 0.25) is 0 Å². The van der Waals surface area contributed by atoms with Crippen LogP contribution in [-0.2, 0) is 0 Å². The highest BCUT2D eigenvalue weighted by Crippen LogP contribution is 2.19. The number of nitrogens with one attached hydrogen (secondary N) is 2. The van der Waals surface area contributed by atoms with Gasteiger partial charge < -0.3 is 0 Å². The molecule has 0 aromatic carbocycles. The van der Waals surface area contributed by atoms with E-state index in [9.17, 15) is 0 Å². The molecule has 1 saturated carbocycles. The van der Waals surface area contributed by atoms with Gasteiger partial charge in [-0.3, -0.25) is 5.32 Å². The summed E-state index contributed by atoms with van der Waals surface area (Å²) in [7, 11) is 0. The second-order valence-corrected chi connectivity index (χ2v) is 2.40. The monoisotopic (exact) mass is 113 g/mol. The molecule has 0 heterocycles. The SMILES string of the molecule is CCC([NH])NC1CC1. The molecule has 2 N–H and O–H groups in total. The molecule has 0 amide bonds. The Labute approximate surface area is 50.4 Å². The zero-order chi connectivity index (χ0) is 5.98. The van der Waals surface area contributed by atoms with Gasteiger partial charge >= 0.3 is 0 Å². The van der Waals surface area contributed by atoms with Crippen LogP contribution in [0.3, 0.4) is 0 Å². The summed E-state index contributed by atoms with van der Waals surface area (Å²) in [5.41, 5.74) is 7.28. The zero-order valence-electron chi connectivity index (χ0n) is 5.28. The molecule has 1 aliphatic carbocycles. The highest BCUT2D eigenvalue weighted by molar-refractivity contribution is 4.82. The minimum atomic E-state index is -0.0116. The minimum absolute atomic E-state index is 0.0116. The van der Waals surface area contributed by atoms with Gasteiger partial charge in [-0.2, -0.15) is 0 Å². The molecule has 2 heteroatoms. The lowest BCUT2D eigenvalue weighted by Crippen LogP contribution is -2.31. The molecule has 1 aliphatic rings. The van der Waals surface area contributed by atoms with Gasteiger partial charge in [-0.25, -0.2) is 5.73 Å². The Morgan fingerprint density at radius 2 is 2.38 bits per heavy atom. The Balaban J connectivity index is 1.98. The molecule has 8 heavy (non-hydrogen) atoms. The summed E-state index contributed by atoms with van der Waals surface area (Å²) in [5.74, 6) is 0. The van der Waals surface area contributed by atoms with Crippen molar-refractivity contribution in [3.63, 3.8) is 0 Å². The third-order valence-electron chi connectivity index (χ3n) is 1.42. The van der Waals surface area contributed by atoms with Gasteiger partial charge in [0.05, 0.1) is 6.17 Å². The Morgan fingerprint density at radius 1 is 1.75 bits per heavy atom. The maximum atomic E-state index is 7.28. The first kappa shape index (κ1) is 6.05. The fourth-order valence-electron chi connectivity index (χ4n) is 0.652. The normalized spacial score (nSPS) is 23.2. The van der Waals surface area contributed by atoms with Crippen molar-refractivity contribution in [3.8, 4) is 0 Å². The maximum Gasteiger partial charge on any atom is 0.0704 e. The van der Waals surface area contributed by atoms with Crippen molar-refractivity contribution < 1.29 is 0 Å². The summed E-state index contributed by atoms with van der Waals surface area (Å²) in [6.45, 7) is 2.03. The lowest BCUT2D eigenvalue weighted by atomic mass is 10.4. The second kappa shape index (κ2) is 2.46. The van der Waals surface area contributed by atoms with E-state index in [1.807, 2.05) is 6.92 Å². The van der Waals surface area contributed by atoms with Crippen LogP contribution in [0.5, 0.6) is 0 Å². The molecule has 0 aliphatic heterocycles. The summed E-state index contributed by atoms with van der Waals surface area (Å²) in [4.78, 5) is 0. The van der Waals surface area contributed by atoms with E-state index in [1.165, 1.54) is 12.8 Å². The van der Waals surface area contributed by atoms with E-state index < -0.39 is 0 Å². The zero-order valence-corrected chi connectivity index (χ0v) is 5.28. The predicted molar refractivity (Wildman–Crippen MR) is 33.3 cm³/mol. The lowest BCUT2D eigenvalue weighted by Gasteiger charge is -2.07. The Hall–Kier alpha value is -0.0800. The summed E-state index contributed by atoms with van der Waals surface area (Å²) >= 11 is 0. The van der Waals surface area contributed by atoms with E-state index >= 15 is 0 Å². The molecule has 2 nitrogen and oxygen atoms in total. The van der Waals surface area contributed by atoms with Crippen LogP contribution in [0.15, 0.2) is 0 Å². The first-order chi connectivity index (χ1) is 3.83. The molecular weight excluding hydrogens is 100 g/mol. The van der Waals surface area contributed by atoms with Gasteiger partial charge in [0.2, 0.25) is 0 Å². The topological polar surface area (TPSA) is 35.8 Å². The quantitative estimate of drug-likeness (QED) is 0.576. The fraction of sp³-hybridized carbons (Fsp3) is 1.00. The van der Waals surface area contributed by atoms with E-state index in [0.717, 1.165) is 6.42 Å². The van der Waals surface area contributed by atoms with Crippen LogP contribution in [0.4, 0.5) is 0 Å². The number of hydrogen-bond acceptors (Lipinski definition) is 1. The number of rotatable bonds is 3. The van der Waals surface area contributed by atoms with Gasteiger partial charge in [0.25, 0.3) is 0 Å². The Kier molecular flexibility index (Phi) is 1.86. The first-order valence-electron chi connectivity index (χ1n) is 3.30. The van der Waals surface area contributed by atoms with Crippen molar-refractivity contribution in [2.75, 3.05) is 0 Å². The predicted octanol–water partition coefficient (Wildman–Crippen LogP) is 0.757. The van der Waals surface area contributed by atoms with E-state index in [2.05, 4.69) is 5.32 Å². The molecular formula is C6H13N2. The lowest BCUT2D eigenvalue weighted by molar-refractivity contribution is 0.497. The average Bonchev–Trinajstić information content (AvgIpc) is 2.50. The molecule has 0 bridgehead atoms. The Morgan fingerprint density at radius 3 is 2.75 bits per heavy atom. The summed E-state index contributed by atoms with van der Waals surface area (Å²) in [5, 5.41) is 3.17. The van der Waals surface area contributed by atoms with Crippen molar-refractivity contribution in [1.82, 2.24) is 11.1 Å². The molecule has 0 spiro atoms. The van der Waals surface area contributed by atoms with E-state index in [-0.39, 0.29) is 6.17 Å². The van der Waals surface area contributed by atoms with Gasteiger partial charge in [-0.15, -0.1) is 0 Å². The molecule has 1 unspecified atom stereocenters. The number of hydrogen-bond donors (Lipinski definition) is 1. The third-order valence-corrected chi connectivity index (χ3v) is 1.42. The van der Waals surface area contributed by atoms with E-state index in [4.69, 9.17) is 5.73 Å². The van der Waals surface area contributed by atoms with Crippen molar-refractivity contribution in [3.05, 3.63) is 0 Å². The highest BCUT2D eigenvalue weighted by atomic mass is 15.1. The summed E-state index contributed by atoms with van der Waals surface area (Å²) < 4.78 is 0. The van der Waals surface area contributed by atoms with Crippen LogP contribution in [-0.4, -0.2) is 12.2 Å². The first-order valence-corrected chi connectivity index (χ1v) is 3.30. The average molecular weight is 113 g/mol. The van der Waals surface area contributed by atoms with Crippen LogP contribution in [0.25, 0.3) is 0 Å². The molecule has 1 rings (SSSR count). The van der Waals surface area contributed by atoms with Gasteiger partial charge in [0.1, 0.15) is 0 Å². The smallest absolute Gasteiger partial charge is 0.0704 e. The summed E-state index contributed by atoms with van der Waals surface area (Å²) in [6, 6.07) is 0.692. The van der Waals surface area contributed by atoms with Gasteiger partial charge in [-0.1, -0.05) is 6.92 Å². The Bertz CT molecular complexity index is 68.9. The minimum Gasteiger partial charge on any atom is -0.298 e. The highest BCUT2D eigenvalue weighted by Gasteiger charge is 2.22. The van der Waals surface area contributed by atoms with Crippen molar-refractivity contribution >= 4 is 0 Å². The second-order valence-electron chi connectivity index (χ2n) is 2.40.